The molecule has 0 fully saturated rings. The topological polar surface area (TPSA) is 101 Å². The second-order valence-electron chi connectivity index (χ2n) is 5.56. The minimum atomic E-state index is -1.23. The number of esters is 1. The largest absolute Gasteiger partial charge is 0.478 e. The van der Waals surface area contributed by atoms with Crippen LogP contribution >= 0.6 is 0 Å². The first-order valence-corrected chi connectivity index (χ1v) is 6.41. The lowest BCUT2D eigenvalue weighted by Gasteiger charge is -2.16. The zero-order chi connectivity index (χ0) is 15.9. The molecule has 114 valence electrons. The van der Waals surface area contributed by atoms with Gasteiger partial charge < -0.3 is 14.9 Å². The van der Waals surface area contributed by atoms with E-state index in [1.165, 1.54) is 6.92 Å². The molecule has 0 unspecified atom stereocenters. The summed E-state index contributed by atoms with van der Waals surface area (Å²) in [4.78, 5) is 33.1. The van der Waals surface area contributed by atoms with E-state index in [-0.39, 0.29) is 30.1 Å². The summed E-state index contributed by atoms with van der Waals surface area (Å²) in [6.07, 6.45) is 1.08. The van der Waals surface area contributed by atoms with E-state index in [1.54, 1.807) is 20.8 Å². The fourth-order valence-electron chi connectivity index (χ4n) is 1.37. The molecule has 6 heteroatoms. The zero-order valence-electron chi connectivity index (χ0n) is 12.4. The Balaban J connectivity index is 4.24. The molecule has 0 aliphatic rings. The quantitative estimate of drug-likeness (QED) is 0.423. The summed E-state index contributed by atoms with van der Waals surface area (Å²) in [5.41, 5.74) is -0.838. The molecule has 0 saturated carbocycles. The molecule has 0 rings (SSSR count). The second-order valence-corrected chi connectivity index (χ2v) is 5.56. The van der Waals surface area contributed by atoms with Crippen LogP contribution < -0.4 is 0 Å². The summed E-state index contributed by atoms with van der Waals surface area (Å²) in [7, 11) is 0. The van der Waals surface area contributed by atoms with Crippen molar-refractivity contribution in [3.05, 3.63) is 11.1 Å². The molecule has 0 aliphatic heterocycles. The van der Waals surface area contributed by atoms with Gasteiger partial charge in [0, 0.05) is 11.1 Å². The highest BCUT2D eigenvalue weighted by Gasteiger charge is 2.22. The van der Waals surface area contributed by atoms with Gasteiger partial charge in [-0.1, -0.05) is 0 Å². The van der Waals surface area contributed by atoms with Crippen molar-refractivity contribution in [1.82, 2.24) is 0 Å². The van der Waals surface area contributed by atoms with Gasteiger partial charge >= 0.3 is 17.9 Å². The lowest BCUT2D eigenvalue weighted by atomic mass is 9.97. The van der Waals surface area contributed by atoms with Crippen LogP contribution in [0, 0.1) is 5.41 Å². The molecule has 0 heterocycles. The van der Waals surface area contributed by atoms with E-state index in [9.17, 15) is 14.4 Å². The van der Waals surface area contributed by atoms with Crippen molar-refractivity contribution < 1.29 is 29.3 Å². The van der Waals surface area contributed by atoms with Crippen molar-refractivity contribution in [1.29, 1.82) is 0 Å². The Morgan fingerprint density at radius 3 is 1.95 bits per heavy atom. The summed E-state index contributed by atoms with van der Waals surface area (Å²) < 4.78 is 5.04. The SMILES string of the molecule is C/C(C(=O)O)=C(/CCCCOC(=O)C(C)(C)C)C(=O)O. The van der Waals surface area contributed by atoms with Gasteiger partial charge in [-0.3, -0.25) is 4.79 Å². The van der Waals surface area contributed by atoms with Gasteiger partial charge in [0.05, 0.1) is 12.0 Å². The predicted octanol–water partition coefficient (Wildman–Crippen LogP) is 2.23. The fraction of sp³-hybridized carbons (Fsp3) is 0.643. The van der Waals surface area contributed by atoms with E-state index < -0.39 is 17.4 Å². The highest BCUT2D eigenvalue weighted by Crippen LogP contribution is 2.16. The smallest absolute Gasteiger partial charge is 0.332 e. The molecule has 6 nitrogen and oxygen atoms in total. The van der Waals surface area contributed by atoms with Crippen molar-refractivity contribution in [2.24, 2.45) is 5.41 Å². The fourth-order valence-corrected chi connectivity index (χ4v) is 1.37. The van der Waals surface area contributed by atoms with Crippen LogP contribution in [0.4, 0.5) is 0 Å². The normalized spacial score (nSPS) is 12.6. The maximum atomic E-state index is 11.5. The number of ether oxygens (including phenoxy) is 1. The van der Waals surface area contributed by atoms with E-state index in [0.717, 1.165) is 0 Å². The first kappa shape index (κ1) is 18.1. The van der Waals surface area contributed by atoms with Crippen molar-refractivity contribution >= 4 is 17.9 Å². The van der Waals surface area contributed by atoms with E-state index in [4.69, 9.17) is 14.9 Å². The van der Waals surface area contributed by atoms with Crippen molar-refractivity contribution in [2.45, 2.75) is 47.0 Å². The Morgan fingerprint density at radius 2 is 1.55 bits per heavy atom. The van der Waals surface area contributed by atoms with Crippen LogP contribution in [0.5, 0.6) is 0 Å². The van der Waals surface area contributed by atoms with Crippen molar-refractivity contribution in [2.75, 3.05) is 6.61 Å². The predicted molar refractivity (Wildman–Crippen MR) is 72.2 cm³/mol. The highest BCUT2D eigenvalue weighted by atomic mass is 16.5. The monoisotopic (exact) mass is 286 g/mol. The van der Waals surface area contributed by atoms with Crippen molar-refractivity contribution in [3.8, 4) is 0 Å². The molecular weight excluding hydrogens is 264 g/mol. The first-order chi connectivity index (χ1) is 9.07. The molecule has 0 radical (unpaired) electrons. The second kappa shape index (κ2) is 7.67. The van der Waals surface area contributed by atoms with Crippen LogP contribution in [0.25, 0.3) is 0 Å². The molecule has 0 aromatic carbocycles. The Hall–Kier alpha value is -1.85. The van der Waals surface area contributed by atoms with Gasteiger partial charge in [-0.05, 0) is 47.0 Å². The number of unbranched alkanes of at least 4 members (excludes halogenated alkanes) is 1. The van der Waals surface area contributed by atoms with Gasteiger partial charge in [0.15, 0.2) is 0 Å². The number of aliphatic carboxylic acids is 2. The van der Waals surface area contributed by atoms with E-state index >= 15 is 0 Å². The maximum Gasteiger partial charge on any atom is 0.332 e. The van der Waals surface area contributed by atoms with Crippen LogP contribution in [0.2, 0.25) is 0 Å². The summed E-state index contributed by atoms with van der Waals surface area (Å²) in [6.45, 7) is 6.71. The molecule has 0 aromatic rings. The third-order valence-corrected chi connectivity index (χ3v) is 2.70. The summed E-state index contributed by atoms with van der Waals surface area (Å²) in [5.74, 6) is -2.77. The minimum Gasteiger partial charge on any atom is -0.478 e. The Labute approximate surface area is 118 Å². The molecule has 0 aliphatic carbocycles. The molecule has 0 spiro atoms. The molecule has 0 saturated heterocycles. The van der Waals surface area contributed by atoms with Crippen LogP contribution in [0.15, 0.2) is 11.1 Å². The average Bonchev–Trinajstić information content (AvgIpc) is 2.30. The first-order valence-electron chi connectivity index (χ1n) is 6.41. The third kappa shape index (κ3) is 6.36. The number of hydrogen-bond donors (Lipinski definition) is 2. The Kier molecular flexibility index (Phi) is 6.96. The van der Waals surface area contributed by atoms with Crippen LogP contribution in [-0.2, 0) is 19.1 Å². The summed E-state index contributed by atoms with van der Waals surface area (Å²) >= 11 is 0. The van der Waals surface area contributed by atoms with Gasteiger partial charge in [0.2, 0.25) is 0 Å². The average molecular weight is 286 g/mol. The molecule has 0 bridgehead atoms. The van der Waals surface area contributed by atoms with Crippen LogP contribution in [0.3, 0.4) is 0 Å². The molecule has 2 N–H and O–H groups in total. The molecule has 0 atom stereocenters. The minimum absolute atomic E-state index is 0.111. The van der Waals surface area contributed by atoms with E-state index in [2.05, 4.69) is 0 Å². The van der Waals surface area contributed by atoms with Crippen LogP contribution in [0.1, 0.15) is 47.0 Å². The summed E-state index contributed by atoms with van der Waals surface area (Å²) in [5, 5.41) is 17.7. The third-order valence-electron chi connectivity index (χ3n) is 2.70. The number of carboxylic acids is 2. The lowest BCUT2D eigenvalue weighted by molar-refractivity contribution is -0.153. The van der Waals surface area contributed by atoms with Gasteiger partial charge in [-0.2, -0.15) is 0 Å². The van der Waals surface area contributed by atoms with E-state index in [1.807, 2.05) is 0 Å². The zero-order valence-corrected chi connectivity index (χ0v) is 12.4. The molecule has 0 aromatic heterocycles. The number of carbonyl (C=O) groups excluding carboxylic acids is 1. The molecule has 20 heavy (non-hydrogen) atoms. The standard InChI is InChI=1S/C14H22O6/c1-9(11(15)16)10(12(17)18)7-5-6-8-20-13(19)14(2,3)4/h5-8H2,1-4H3,(H,15,16)(H,17,18)/b10-9+. The Bertz CT molecular complexity index is 414. The van der Waals surface area contributed by atoms with Gasteiger partial charge in [-0.25, -0.2) is 9.59 Å². The highest BCUT2D eigenvalue weighted by molar-refractivity contribution is 5.98. The number of carbonyl (C=O) groups is 3. The summed E-state index contributed by atoms with van der Waals surface area (Å²) in [6, 6.07) is 0. The van der Waals surface area contributed by atoms with Gasteiger partial charge in [0.25, 0.3) is 0 Å². The van der Waals surface area contributed by atoms with Gasteiger partial charge in [0.1, 0.15) is 0 Å². The molecular formula is C14H22O6. The number of rotatable bonds is 7. The van der Waals surface area contributed by atoms with Gasteiger partial charge in [-0.15, -0.1) is 0 Å². The van der Waals surface area contributed by atoms with Crippen LogP contribution in [-0.4, -0.2) is 34.7 Å². The number of carboxylic acid groups (broad SMARTS) is 2. The lowest BCUT2D eigenvalue weighted by Crippen LogP contribution is -2.23. The van der Waals surface area contributed by atoms with Crippen molar-refractivity contribution in [3.63, 3.8) is 0 Å². The van der Waals surface area contributed by atoms with E-state index in [0.29, 0.717) is 12.8 Å². The number of hydrogen-bond acceptors (Lipinski definition) is 4. The molecule has 0 amide bonds. The Morgan fingerprint density at radius 1 is 1.00 bits per heavy atom. The maximum absolute atomic E-state index is 11.5.